The lowest BCUT2D eigenvalue weighted by Gasteiger charge is -2.11. The highest BCUT2D eigenvalue weighted by Gasteiger charge is 2.05. The fraction of sp³-hybridized carbons (Fsp3) is 0.375. The quantitative estimate of drug-likeness (QED) is 0.410. The first kappa shape index (κ1) is 21.5. The maximum absolute atomic E-state index is 12.2. The van der Waals surface area contributed by atoms with Gasteiger partial charge in [0.25, 0.3) is 0 Å². The van der Waals surface area contributed by atoms with Crippen molar-refractivity contribution in [3.05, 3.63) is 59.2 Å². The Morgan fingerprint density at radius 1 is 1.00 bits per heavy atom. The first-order valence-electron chi connectivity index (χ1n) is 9.90. The number of nitrogens with one attached hydrogen (secondary N) is 1. The van der Waals surface area contributed by atoms with E-state index in [0.717, 1.165) is 34.5 Å². The molecular weight excluding hydrogens is 350 g/mol. The zero-order chi connectivity index (χ0) is 20.4. The molecule has 2 aromatic rings. The van der Waals surface area contributed by atoms with Crippen LogP contribution in [0.2, 0.25) is 0 Å². The van der Waals surface area contributed by atoms with E-state index < -0.39 is 0 Å². The zero-order valence-electron chi connectivity index (χ0n) is 17.4. The van der Waals surface area contributed by atoms with Gasteiger partial charge < -0.3 is 14.8 Å². The van der Waals surface area contributed by atoms with Gasteiger partial charge in [-0.2, -0.15) is 0 Å². The number of benzene rings is 2. The smallest absolute Gasteiger partial charge is 0.248 e. The molecule has 0 saturated heterocycles. The molecule has 4 nitrogen and oxygen atoms in total. The third kappa shape index (κ3) is 7.10. The Morgan fingerprint density at radius 2 is 1.75 bits per heavy atom. The first-order chi connectivity index (χ1) is 13.5. The predicted octanol–water partition coefficient (Wildman–Crippen LogP) is 5.92. The Morgan fingerprint density at radius 3 is 2.43 bits per heavy atom. The summed E-state index contributed by atoms with van der Waals surface area (Å²) >= 11 is 0. The summed E-state index contributed by atoms with van der Waals surface area (Å²) in [7, 11) is 1.62. The number of amides is 1. The number of aryl methyl sites for hydroxylation is 2. The number of carbonyl (C=O) groups excluding carboxylic acids is 1. The lowest BCUT2D eigenvalue weighted by atomic mass is 10.1. The molecular formula is C24H31NO3. The van der Waals surface area contributed by atoms with Crippen LogP contribution in [0, 0.1) is 13.8 Å². The Hall–Kier alpha value is -2.75. The van der Waals surface area contributed by atoms with Crippen LogP contribution in [0.4, 0.5) is 5.69 Å². The normalized spacial score (nSPS) is 10.9. The highest BCUT2D eigenvalue weighted by atomic mass is 16.5. The lowest BCUT2D eigenvalue weighted by molar-refractivity contribution is -0.111. The molecule has 0 aliphatic carbocycles. The van der Waals surface area contributed by atoms with E-state index in [1.807, 2.05) is 44.2 Å². The average molecular weight is 382 g/mol. The Bertz CT molecular complexity index is 791. The Balaban J connectivity index is 1.96. The average Bonchev–Trinajstić information content (AvgIpc) is 2.66. The highest BCUT2D eigenvalue weighted by Crippen LogP contribution is 2.29. The van der Waals surface area contributed by atoms with Crippen molar-refractivity contribution in [2.45, 2.75) is 46.5 Å². The van der Waals surface area contributed by atoms with Gasteiger partial charge in [-0.1, -0.05) is 38.3 Å². The van der Waals surface area contributed by atoms with Gasteiger partial charge in [0.2, 0.25) is 5.91 Å². The predicted molar refractivity (Wildman–Crippen MR) is 116 cm³/mol. The van der Waals surface area contributed by atoms with Crippen molar-refractivity contribution in [2.24, 2.45) is 0 Å². The summed E-state index contributed by atoms with van der Waals surface area (Å²) in [6.45, 7) is 6.90. The van der Waals surface area contributed by atoms with E-state index in [0.29, 0.717) is 12.4 Å². The van der Waals surface area contributed by atoms with Crippen LogP contribution in [0.5, 0.6) is 11.5 Å². The second-order valence-corrected chi connectivity index (χ2v) is 7.02. The summed E-state index contributed by atoms with van der Waals surface area (Å²) in [6.07, 6.45) is 7.95. The molecule has 0 unspecified atom stereocenters. The second kappa shape index (κ2) is 11.2. The van der Waals surface area contributed by atoms with E-state index in [4.69, 9.17) is 9.47 Å². The molecule has 0 radical (unpaired) electrons. The van der Waals surface area contributed by atoms with Crippen molar-refractivity contribution in [3.63, 3.8) is 0 Å². The minimum Gasteiger partial charge on any atom is -0.493 e. The maximum atomic E-state index is 12.2. The summed E-state index contributed by atoms with van der Waals surface area (Å²) in [5.41, 5.74) is 3.92. The van der Waals surface area contributed by atoms with Gasteiger partial charge in [0.1, 0.15) is 0 Å². The molecule has 0 atom stereocenters. The van der Waals surface area contributed by atoms with E-state index >= 15 is 0 Å². The molecule has 2 aromatic carbocycles. The third-order valence-electron chi connectivity index (χ3n) is 4.36. The van der Waals surface area contributed by atoms with Crippen LogP contribution < -0.4 is 14.8 Å². The molecule has 1 amide bonds. The molecule has 2 rings (SSSR count). The number of hydrogen-bond acceptors (Lipinski definition) is 3. The Labute approximate surface area is 168 Å². The molecule has 0 bridgehead atoms. The van der Waals surface area contributed by atoms with Gasteiger partial charge in [-0.15, -0.1) is 0 Å². The molecule has 0 fully saturated rings. The van der Waals surface area contributed by atoms with Crippen LogP contribution in [-0.4, -0.2) is 19.6 Å². The number of carbonyl (C=O) groups is 1. The van der Waals surface area contributed by atoms with Crippen LogP contribution >= 0.6 is 0 Å². The molecule has 4 heteroatoms. The second-order valence-electron chi connectivity index (χ2n) is 7.02. The molecule has 0 saturated carbocycles. The summed E-state index contributed by atoms with van der Waals surface area (Å²) in [6, 6.07) is 11.7. The van der Waals surface area contributed by atoms with E-state index in [1.54, 1.807) is 13.2 Å². The number of anilines is 1. The van der Waals surface area contributed by atoms with Crippen molar-refractivity contribution < 1.29 is 14.3 Å². The van der Waals surface area contributed by atoms with Gasteiger partial charge >= 0.3 is 0 Å². The van der Waals surface area contributed by atoms with Crippen LogP contribution in [-0.2, 0) is 4.79 Å². The topological polar surface area (TPSA) is 47.6 Å². The molecule has 0 aromatic heterocycles. The molecule has 0 heterocycles. The minimum absolute atomic E-state index is 0.166. The number of rotatable bonds is 10. The number of hydrogen-bond donors (Lipinski definition) is 1. The van der Waals surface area contributed by atoms with Crippen LogP contribution in [0.25, 0.3) is 6.08 Å². The van der Waals surface area contributed by atoms with Crippen molar-refractivity contribution >= 4 is 17.7 Å². The van der Waals surface area contributed by atoms with Crippen molar-refractivity contribution in [2.75, 3.05) is 19.0 Å². The van der Waals surface area contributed by atoms with E-state index in [9.17, 15) is 4.79 Å². The van der Waals surface area contributed by atoms with Gasteiger partial charge in [-0.3, -0.25) is 4.79 Å². The van der Waals surface area contributed by atoms with Gasteiger partial charge in [0, 0.05) is 11.8 Å². The number of methoxy groups -OCH3 is 1. The van der Waals surface area contributed by atoms with Gasteiger partial charge in [-0.25, -0.2) is 0 Å². The van der Waals surface area contributed by atoms with Crippen molar-refractivity contribution in [1.29, 1.82) is 0 Å². The summed E-state index contributed by atoms with van der Waals surface area (Å²) in [5, 5.41) is 2.90. The summed E-state index contributed by atoms with van der Waals surface area (Å²) < 4.78 is 11.3. The van der Waals surface area contributed by atoms with Crippen LogP contribution in [0.1, 0.15) is 49.3 Å². The fourth-order valence-corrected chi connectivity index (χ4v) is 3.02. The zero-order valence-corrected chi connectivity index (χ0v) is 17.4. The molecule has 0 spiro atoms. The first-order valence-corrected chi connectivity index (χ1v) is 9.90. The molecule has 28 heavy (non-hydrogen) atoms. The number of ether oxygens (including phenoxy) is 2. The lowest BCUT2D eigenvalue weighted by Crippen LogP contribution is -2.08. The fourth-order valence-electron chi connectivity index (χ4n) is 3.02. The van der Waals surface area contributed by atoms with Crippen LogP contribution in [0.3, 0.4) is 0 Å². The van der Waals surface area contributed by atoms with E-state index in [-0.39, 0.29) is 5.91 Å². The SMILES string of the molecule is CCCCCCOc1ccc(/C=C/C(=O)Nc2cc(C)cc(C)c2)cc1OC. The molecule has 150 valence electrons. The van der Waals surface area contributed by atoms with E-state index in [1.165, 1.54) is 25.3 Å². The van der Waals surface area contributed by atoms with Gasteiger partial charge in [0.05, 0.1) is 13.7 Å². The van der Waals surface area contributed by atoms with Gasteiger partial charge in [0.15, 0.2) is 11.5 Å². The molecule has 0 aliphatic rings. The van der Waals surface area contributed by atoms with Crippen molar-refractivity contribution in [1.82, 2.24) is 0 Å². The largest absolute Gasteiger partial charge is 0.493 e. The number of unbranched alkanes of at least 4 members (excludes halogenated alkanes) is 3. The summed E-state index contributed by atoms with van der Waals surface area (Å²) in [4.78, 5) is 12.2. The Kier molecular flexibility index (Phi) is 8.60. The summed E-state index contributed by atoms with van der Waals surface area (Å²) in [5.74, 6) is 1.24. The molecule has 1 N–H and O–H groups in total. The van der Waals surface area contributed by atoms with Gasteiger partial charge in [-0.05, 0) is 67.3 Å². The maximum Gasteiger partial charge on any atom is 0.248 e. The third-order valence-corrected chi connectivity index (χ3v) is 4.36. The standard InChI is InChI=1S/C24H31NO3/c1-5-6-7-8-13-28-22-11-9-20(17-23(22)27-4)10-12-24(26)25-21-15-18(2)14-19(3)16-21/h9-12,14-17H,5-8,13H2,1-4H3,(H,25,26)/b12-10+. The monoisotopic (exact) mass is 381 g/mol. The minimum atomic E-state index is -0.166. The van der Waals surface area contributed by atoms with Crippen molar-refractivity contribution in [3.8, 4) is 11.5 Å². The molecule has 0 aliphatic heterocycles. The highest BCUT2D eigenvalue weighted by molar-refractivity contribution is 6.02. The van der Waals surface area contributed by atoms with Crippen LogP contribution in [0.15, 0.2) is 42.5 Å². The van der Waals surface area contributed by atoms with E-state index in [2.05, 4.69) is 18.3 Å².